The van der Waals surface area contributed by atoms with Gasteiger partial charge < -0.3 is 20.5 Å². The maximum atomic E-state index is 12.4. The SMILES string of the molecule is CC(CNC(=O)[C@H]1CC[C@@H](NC(=O)OCC2c3ccccc3-c3ccccc32)C1)C(=O)O. The Balaban J connectivity index is 1.27. The smallest absolute Gasteiger partial charge is 0.407 e. The van der Waals surface area contributed by atoms with Crippen molar-refractivity contribution in [1.29, 1.82) is 0 Å². The van der Waals surface area contributed by atoms with E-state index in [1.54, 1.807) is 6.92 Å². The van der Waals surface area contributed by atoms with Crippen molar-refractivity contribution in [3.63, 3.8) is 0 Å². The molecule has 3 atom stereocenters. The Morgan fingerprint density at radius 1 is 1.03 bits per heavy atom. The Morgan fingerprint density at radius 3 is 2.28 bits per heavy atom. The summed E-state index contributed by atoms with van der Waals surface area (Å²) in [5.74, 6) is -1.95. The Kier molecular flexibility index (Phi) is 6.44. The molecule has 0 aromatic heterocycles. The molecule has 1 unspecified atom stereocenters. The van der Waals surface area contributed by atoms with Gasteiger partial charge in [-0.2, -0.15) is 0 Å². The number of amides is 2. The molecule has 1 fully saturated rings. The first-order valence-corrected chi connectivity index (χ1v) is 11.1. The van der Waals surface area contributed by atoms with E-state index >= 15 is 0 Å². The van der Waals surface area contributed by atoms with Gasteiger partial charge in [0.2, 0.25) is 5.91 Å². The number of alkyl carbamates (subject to hydrolysis) is 1. The molecule has 0 heterocycles. The van der Waals surface area contributed by atoms with Gasteiger partial charge in [0.15, 0.2) is 0 Å². The Morgan fingerprint density at radius 2 is 1.66 bits per heavy atom. The van der Waals surface area contributed by atoms with Crippen LogP contribution in [0.1, 0.15) is 43.2 Å². The summed E-state index contributed by atoms with van der Waals surface area (Å²) in [5.41, 5.74) is 4.68. The molecule has 168 valence electrons. The number of carboxylic acid groups (broad SMARTS) is 1. The second kappa shape index (κ2) is 9.42. The van der Waals surface area contributed by atoms with E-state index in [4.69, 9.17) is 9.84 Å². The van der Waals surface area contributed by atoms with Gasteiger partial charge in [0.05, 0.1) is 5.92 Å². The number of carbonyl (C=O) groups excluding carboxylic acids is 2. The zero-order valence-corrected chi connectivity index (χ0v) is 18.0. The number of carboxylic acids is 1. The number of hydrogen-bond acceptors (Lipinski definition) is 4. The van der Waals surface area contributed by atoms with Gasteiger partial charge in [-0.25, -0.2) is 4.79 Å². The van der Waals surface area contributed by atoms with Crippen molar-refractivity contribution in [2.24, 2.45) is 11.8 Å². The standard InChI is InChI=1S/C25H28N2O5/c1-15(24(29)30)13-26-23(28)16-10-11-17(12-16)27-25(31)32-14-22-20-8-4-2-6-18(20)19-7-3-5-9-21(19)22/h2-9,15-17,22H,10-14H2,1H3,(H,26,28)(H,27,31)(H,29,30)/t15?,16-,17+/m0/s1. The molecule has 1 saturated carbocycles. The topological polar surface area (TPSA) is 105 Å². The molecule has 2 aliphatic carbocycles. The zero-order valence-electron chi connectivity index (χ0n) is 18.0. The Labute approximate surface area is 187 Å². The molecule has 3 N–H and O–H groups in total. The van der Waals surface area contributed by atoms with Crippen molar-refractivity contribution in [2.45, 2.75) is 38.1 Å². The van der Waals surface area contributed by atoms with Crippen LogP contribution in [0, 0.1) is 11.8 Å². The number of carbonyl (C=O) groups is 3. The average molecular weight is 437 g/mol. The quantitative estimate of drug-likeness (QED) is 0.616. The van der Waals surface area contributed by atoms with Crippen molar-refractivity contribution >= 4 is 18.0 Å². The fourth-order valence-corrected chi connectivity index (χ4v) is 4.64. The van der Waals surface area contributed by atoms with Crippen LogP contribution in [0.2, 0.25) is 0 Å². The molecule has 7 nitrogen and oxygen atoms in total. The van der Waals surface area contributed by atoms with Gasteiger partial charge in [-0.05, 0) is 41.5 Å². The molecular weight excluding hydrogens is 408 g/mol. The third-order valence-electron chi connectivity index (χ3n) is 6.47. The molecule has 0 radical (unpaired) electrons. The first-order valence-electron chi connectivity index (χ1n) is 11.1. The Bertz CT molecular complexity index is 975. The molecule has 32 heavy (non-hydrogen) atoms. The van der Waals surface area contributed by atoms with E-state index in [1.807, 2.05) is 24.3 Å². The van der Waals surface area contributed by atoms with Crippen molar-refractivity contribution in [3.05, 3.63) is 59.7 Å². The van der Waals surface area contributed by atoms with Crippen LogP contribution < -0.4 is 10.6 Å². The summed E-state index contributed by atoms with van der Waals surface area (Å²) >= 11 is 0. The second-order valence-corrected chi connectivity index (χ2v) is 8.66. The fourth-order valence-electron chi connectivity index (χ4n) is 4.64. The number of rotatable bonds is 7. The monoisotopic (exact) mass is 436 g/mol. The number of fused-ring (bicyclic) bond motifs is 3. The van der Waals surface area contributed by atoms with Crippen LogP contribution in [0.15, 0.2) is 48.5 Å². The maximum Gasteiger partial charge on any atom is 0.407 e. The van der Waals surface area contributed by atoms with Crippen LogP contribution in [-0.4, -0.2) is 42.3 Å². The van der Waals surface area contributed by atoms with Gasteiger partial charge in [0.1, 0.15) is 6.61 Å². The van der Waals surface area contributed by atoms with E-state index in [0.717, 1.165) is 11.1 Å². The lowest BCUT2D eigenvalue weighted by molar-refractivity contribution is -0.141. The van der Waals surface area contributed by atoms with Gasteiger partial charge in [-0.1, -0.05) is 55.5 Å². The van der Waals surface area contributed by atoms with Gasteiger partial charge in [-0.15, -0.1) is 0 Å². The molecule has 0 spiro atoms. The molecular formula is C25H28N2O5. The van der Waals surface area contributed by atoms with E-state index < -0.39 is 18.0 Å². The lowest BCUT2D eigenvalue weighted by Gasteiger charge is -2.17. The zero-order chi connectivity index (χ0) is 22.7. The predicted octanol–water partition coefficient (Wildman–Crippen LogP) is 3.53. The van der Waals surface area contributed by atoms with Crippen molar-refractivity contribution in [3.8, 4) is 11.1 Å². The van der Waals surface area contributed by atoms with Gasteiger partial charge >= 0.3 is 12.1 Å². The van der Waals surface area contributed by atoms with Crippen LogP contribution >= 0.6 is 0 Å². The highest BCUT2D eigenvalue weighted by Gasteiger charge is 2.32. The summed E-state index contributed by atoms with van der Waals surface area (Å²) in [7, 11) is 0. The summed E-state index contributed by atoms with van der Waals surface area (Å²) < 4.78 is 5.59. The number of ether oxygens (including phenoxy) is 1. The molecule has 2 aliphatic rings. The summed E-state index contributed by atoms with van der Waals surface area (Å²) in [6.45, 7) is 1.91. The third-order valence-corrected chi connectivity index (χ3v) is 6.47. The lowest BCUT2D eigenvalue weighted by atomic mass is 9.98. The number of hydrogen-bond donors (Lipinski definition) is 3. The molecule has 0 bridgehead atoms. The summed E-state index contributed by atoms with van der Waals surface area (Å²) in [5, 5.41) is 14.5. The van der Waals surface area contributed by atoms with Crippen LogP contribution in [-0.2, 0) is 14.3 Å². The largest absolute Gasteiger partial charge is 0.481 e. The first-order chi connectivity index (χ1) is 15.4. The summed E-state index contributed by atoms with van der Waals surface area (Å²) in [6, 6.07) is 16.2. The number of aliphatic carboxylic acids is 1. The Hall–Kier alpha value is -3.35. The van der Waals surface area contributed by atoms with Crippen molar-refractivity contribution in [1.82, 2.24) is 10.6 Å². The van der Waals surface area contributed by atoms with E-state index in [9.17, 15) is 14.4 Å². The number of nitrogens with one attached hydrogen (secondary N) is 2. The number of benzene rings is 2. The van der Waals surface area contributed by atoms with E-state index in [1.165, 1.54) is 11.1 Å². The second-order valence-electron chi connectivity index (χ2n) is 8.66. The van der Waals surface area contributed by atoms with Crippen molar-refractivity contribution < 1.29 is 24.2 Å². The minimum absolute atomic E-state index is 0.00600. The highest BCUT2D eigenvalue weighted by Crippen LogP contribution is 2.44. The molecule has 7 heteroatoms. The minimum Gasteiger partial charge on any atom is -0.481 e. The van der Waals surface area contributed by atoms with Crippen LogP contribution in [0.5, 0.6) is 0 Å². The maximum absolute atomic E-state index is 12.4. The highest BCUT2D eigenvalue weighted by atomic mass is 16.5. The summed E-state index contributed by atoms with van der Waals surface area (Å²) in [4.78, 5) is 35.6. The lowest BCUT2D eigenvalue weighted by Crippen LogP contribution is -2.37. The molecule has 2 aromatic rings. The summed E-state index contributed by atoms with van der Waals surface area (Å²) in [6.07, 6.45) is 1.40. The van der Waals surface area contributed by atoms with Gasteiger partial charge in [0, 0.05) is 24.4 Å². The van der Waals surface area contributed by atoms with Crippen LogP contribution in [0.3, 0.4) is 0 Å². The van der Waals surface area contributed by atoms with Crippen molar-refractivity contribution in [2.75, 3.05) is 13.2 Å². The molecule has 4 rings (SSSR count). The normalized spacial score (nSPS) is 20.2. The highest BCUT2D eigenvalue weighted by molar-refractivity contribution is 5.80. The first kappa shape index (κ1) is 21.9. The van der Waals surface area contributed by atoms with Gasteiger partial charge in [0.25, 0.3) is 0 Å². The van der Waals surface area contributed by atoms with E-state index in [-0.39, 0.29) is 36.9 Å². The molecule has 0 aliphatic heterocycles. The van der Waals surface area contributed by atoms with Crippen LogP contribution in [0.4, 0.5) is 4.79 Å². The molecule has 2 aromatic carbocycles. The van der Waals surface area contributed by atoms with E-state index in [2.05, 4.69) is 34.9 Å². The van der Waals surface area contributed by atoms with Gasteiger partial charge in [-0.3, -0.25) is 9.59 Å². The third kappa shape index (κ3) is 4.61. The predicted molar refractivity (Wildman–Crippen MR) is 119 cm³/mol. The van der Waals surface area contributed by atoms with E-state index in [0.29, 0.717) is 19.3 Å². The minimum atomic E-state index is -0.938. The van der Waals surface area contributed by atoms with Crippen LogP contribution in [0.25, 0.3) is 11.1 Å². The average Bonchev–Trinajstić information content (AvgIpc) is 3.38. The fraction of sp³-hybridized carbons (Fsp3) is 0.400. The molecule has 2 amide bonds. The molecule has 0 saturated heterocycles.